The molecule has 1 fully saturated rings. The van der Waals surface area contributed by atoms with Gasteiger partial charge in [-0.2, -0.15) is 0 Å². The third kappa shape index (κ3) is 3.52. The number of halogens is 2. The molecule has 0 unspecified atom stereocenters. The third-order valence-corrected chi connectivity index (χ3v) is 5.81. The fourth-order valence-corrected chi connectivity index (χ4v) is 4.19. The van der Waals surface area contributed by atoms with Crippen LogP contribution in [0.25, 0.3) is 0 Å². The summed E-state index contributed by atoms with van der Waals surface area (Å²) >= 11 is 12.3. The van der Waals surface area contributed by atoms with Gasteiger partial charge >= 0.3 is 0 Å². The second kappa shape index (κ2) is 7.87. The summed E-state index contributed by atoms with van der Waals surface area (Å²) in [7, 11) is 1.60. The lowest BCUT2D eigenvalue weighted by atomic mass is 9.89. The summed E-state index contributed by atoms with van der Waals surface area (Å²) in [4.78, 5) is 14.8. The first kappa shape index (κ1) is 19.8. The van der Waals surface area contributed by atoms with Gasteiger partial charge in [0, 0.05) is 10.7 Å². The molecule has 0 radical (unpaired) electrons. The SMILES string of the molecule is COc1ccc(N2C(=O)[C@@H](Oc3ccc(Cl)cc3Cl)[C@@H]2c2ccc3c(c2)OCO3)cc1. The maximum atomic E-state index is 13.2. The van der Waals surface area contributed by atoms with Crippen LogP contribution >= 0.6 is 23.2 Å². The first-order valence-electron chi connectivity index (χ1n) is 9.53. The van der Waals surface area contributed by atoms with E-state index in [0.717, 1.165) is 11.3 Å². The molecule has 8 heteroatoms. The molecule has 5 rings (SSSR count). The van der Waals surface area contributed by atoms with Crippen LogP contribution in [0.15, 0.2) is 60.7 Å². The van der Waals surface area contributed by atoms with Crippen LogP contribution in [0.5, 0.6) is 23.0 Å². The number of nitrogens with zero attached hydrogens (tertiary/aromatic N) is 1. The minimum Gasteiger partial charge on any atom is -0.497 e. The van der Waals surface area contributed by atoms with Crippen LogP contribution in [-0.2, 0) is 4.79 Å². The molecule has 158 valence electrons. The third-order valence-electron chi connectivity index (χ3n) is 5.28. The molecule has 0 N–H and O–H groups in total. The zero-order valence-electron chi connectivity index (χ0n) is 16.4. The molecular formula is C23H17Cl2NO5. The number of anilines is 1. The molecule has 1 saturated heterocycles. The summed E-state index contributed by atoms with van der Waals surface area (Å²) in [5, 5.41) is 0.831. The van der Waals surface area contributed by atoms with E-state index in [-0.39, 0.29) is 18.7 Å². The zero-order valence-corrected chi connectivity index (χ0v) is 17.9. The van der Waals surface area contributed by atoms with Crippen LogP contribution in [0.1, 0.15) is 11.6 Å². The topological polar surface area (TPSA) is 57.2 Å². The largest absolute Gasteiger partial charge is 0.497 e. The van der Waals surface area contributed by atoms with Gasteiger partial charge in [-0.3, -0.25) is 9.69 Å². The fourth-order valence-electron chi connectivity index (χ4n) is 3.74. The van der Waals surface area contributed by atoms with Gasteiger partial charge in [0.05, 0.1) is 12.1 Å². The standard InChI is InChI=1S/C23H17Cl2NO5/c1-28-16-6-4-15(5-7-16)26-21(13-2-8-19-20(10-13)30-12-29-19)22(23(26)27)31-18-9-3-14(24)11-17(18)25/h2-11,21-22H,12H2,1H3/t21-,22-/m0/s1. The molecule has 2 atom stereocenters. The van der Waals surface area contributed by atoms with E-state index in [1.165, 1.54) is 0 Å². The van der Waals surface area contributed by atoms with Crippen molar-refractivity contribution in [2.45, 2.75) is 12.1 Å². The van der Waals surface area contributed by atoms with Gasteiger partial charge < -0.3 is 18.9 Å². The van der Waals surface area contributed by atoms with E-state index in [0.29, 0.717) is 33.0 Å². The van der Waals surface area contributed by atoms with Crippen LogP contribution in [0.3, 0.4) is 0 Å². The number of amides is 1. The highest BCUT2D eigenvalue weighted by Crippen LogP contribution is 2.45. The van der Waals surface area contributed by atoms with Gasteiger partial charge in [0.1, 0.15) is 17.5 Å². The highest BCUT2D eigenvalue weighted by molar-refractivity contribution is 6.35. The Morgan fingerprint density at radius 3 is 2.48 bits per heavy atom. The number of ether oxygens (including phenoxy) is 4. The Hall–Kier alpha value is -3.09. The van der Waals surface area contributed by atoms with Gasteiger partial charge in [0.2, 0.25) is 12.9 Å². The van der Waals surface area contributed by atoms with Crippen molar-refractivity contribution in [3.05, 3.63) is 76.3 Å². The normalized spacial score (nSPS) is 19.2. The molecule has 0 aromatic heterocycles. The summed E-state index contributed by atoms with van der Waals surface area (Å²) in [6.45, 7) is 0.172. The maximum Gasteiger partial charge on any atom is 0.271 e. The van der Waals surface area contributed by atoms with E-state index in [9.17, 15) is 4.79 Å². The van der Waals surface area contributed by atoms with Gasteiger partial charge in [0.25, 0.3) is 5.91 Å². The molecule has 2 aliphatic heterocycles. The number of hydrogen-bond acceptors (Lipinski definition) is 5. The number of benzene rings is 3. The summed E-state index contributed by atoms with van der Waals surface area (Å²) in [6, 6.07) is 17.4. The minimum absolute atomic E-state index is 0.172. The molecule has 0 saturated carbocycles. The molecule has 6 nitrogen and oxygen atoms in total. The summed E-state index contributed by atoms with van der Waals surface area (Å²) < 4.78 is 22.2. The molecule has 3 aromatic rings. The zero-order chi connectivity index (χ0) is 21.5. The number of carbonyl (C=O) groups excluding carboxylic acids is 1. The predicted molar refractivity (Wildman–Crippen MR) is 117 cm³/mol. The number of rotatable bonds is 5. The van der Waals surface area contributed by atoms with E-state index in [1.54, 1.807) is 30.2 Å². The molecule has 3 aromatic carbocycles. The van der Waals surface area contributed by atoms with Crippen molar-refractivity contribution in [2.75, 3.05) is 18.8 Å². The Morgan fingerprint density at radius 2 is 1.74 bits per heavy atom. The van der Waals surface area contributed by atoms with Crippen molar-refractivity contribution in [1.82, 2.24) is 0 Å². The van der Waals surface area contributed by atoms with Crippen molar-refractivity contribution < 1.29 is 23.7 Å². The second-order valence-corrected chi connectivity index (χ2v) is 7.92. The number of β-lactam (4-membered cyclic amide) rings is 1. The van der Waals surface area contributed by atoms with Crippen LogP contribution in [0.4, 0.5) is 5.69 Å². The van der Waals surface area contributed by atoms with Crippen molar-refractivity contribution >= 4 is 34.8 Å². The smallest absolute Gasteiger partial charge is 0.271 e. The van der Waals surface area contributed by atoms with Gasteiger partial charge in [-0.1, -0.05) is 29.3 Å². The Balaban J connectivity index is 1.51. The highest BCUT2D eigenvalue weighted by atomic mass is 35.5. The number of hydrogen-bond donors (Lipinski definition) is 0. The van der Waals surface area contributed by atoms with E-state index >= 15 is 0 Å². The molecule has 0 spiro atoms. The van der Waals surface area contributed by atoms with Gasteiger partial charge in [-0.25, -0.2) is 0 Å². The van der Waals surface area contributed by atoms with E-state index in [2.05, 4.69) is 0 Å². The van der Waals surface area contributed by atoms with E-state index in [1.807, 2.05) is 42.5 Å². The predicted octanol–water partition coefficient (Wildman–Crippen LogP) is 5.27. The number of methoxy groups -OCH3 is 1. The summed E-state index contributed by atoms with van der Waals surface area (Å²) in [5.41, 5.74) is 1.59. The first-order valence-corrected chi connectivity index (χ1v) is 10.3. The number of carbonyl (C=O) groups is 1. The quantitative estimate of drug-likeness (QED) is 0.488. The lowest BCUT2D eigenvalue weighted by Crippen LogP contribution is -2.61. The molecule has 1 amide bonds. The Kier molecular flexibility index (Phi) is 5.04. The molecule has 31 heavy (non-hydrogen) atoms. The summed E-state index contributed by atoms with van der Waals surface area (Å²) in [5.74, 6) is 2.22. The van der Waals surface area contributed by atoms with Crippen LogP contribution < -0.4 is 23.8 Å². The Labute approximate surface area is 188 Å². The van der Waals surface area contributed by atoms with Gasteiger partial charge in [-0.05, 0) is 60.2 Å². The van der Waals surface area contributed by atoms with Crippen LogP contribution in [0.2, 0.25) is 10.0 Å². The molecule has 2 aliphatic rings. The maximum absolute atomic E-state index is 13.2. The Bertz CT molecular complexity index is 1150. The molecule has 2 heterocycles. The average molecular weight is 458 g/mol. The van der Waals surface area contributed by atoms with E-state index in [4.69, 9.17) is 42.1 Å². The fraction of sp³-hybridized carbons (Fsp3) is 0.174. The van der Waals surface area contributed by atoms with Crippen molar-refractivity contribution in [3.63, 3.8) is 0 Å². The highest BCUT2D eigenvalue weighted by Gasteiger charge is 2.51. The lowest BCUT2D eigenvalue weighted by molar-refractivity contribution is -0.135. The minimum atomic E-state index is -0.763. The molecular weight excluding hydrogens is 441 g/mol. The number of fused-ring (bicyclic) bond motifs is 1. The molecule has 0 aliphatic carbocycles. The Morgan fingerprint density at radius 1 is 0.968 bits per heavy atom. The van der Waals surface area contributed by atoms with Gasteiger partial charge in [0.15, 0.2) is 11.5 Å². The molecule has 0 bridgehead atoms. The average Bonchev–Trinajstić information content (AvgIpc) is 3.25. The summed E-state index contributed by atoms with van der Waals surface area (Å²) in [6.07, 6.45) is -0.763. The van der Waals surface area contributed by atoms with Crippen LogP contribution in [0, 0.1) is 0 Å². The van der Waals surface area contributed by atoms with Gasteiger partial charge in [-0.15, -0.1) is 0 Å². The van der Waals surface area contributed by atoms with Crippen molar-refractivity contribution in [1.29, 1.82) is 0 Å². The first-order chi connectivity index (χ1) is 15.0. The van der Waals surface area contributed by atoms with E-state index < -0.39 is 6.10 Å². The lowest BCUT2D eigenvalue weighted by Gasteiger charge is -2.46. The second-order valence-electron chi connectivity index (χ2n) is 7.08. The van der Waals surface area contributed by atoms with Crippen molar-refractivity contribution in [2.24, 2.45) is 0 Å². The monoisotopic (exact) mass is 457 g/mol. The van der Waals surface area contributed by atoms with Crippen LogP contribution in [-0.4, -0.2) is 25.9 Å². The van der Waals surface area contributed by atoms with Crippen molar-refractivity contribution in [3.8, 4) is 23.0 Å².